The second kappa shape index (κ2) is 11.3. The molecule has 2 aromatic rings. The first-order valence-corrected chi connectivity index (χ1v) is 11.7. The number of aliphatic hydroxyl groups is 1. The minimum absolute atomic E-state index is 0.0226. The van der Waals surface area contributed by atoms with Gasteiger partial charge in [0.2, 0.25) is 0 Å². The fourth-order valence-corrected chi connectivity index (χ4v) is 4.52. The Labute approximate surface area is 206 Å². The highest BCUT2D eigenvalue weighted by Crippen LogP contribution is 2.45. The molecule has 1 aliphatic heterocycles. The van der Waals surface area contributed by atoms with Crippen molar-refractivity contribution in [2.24, 2.45) is 0 Å². The zero-order chi connectivity index (χ0) is 25.7. The van der Waals surface area contributed by atoms with Gasteiger partial charge in [-0.15, -0.1) is 0 Å². The standard InChI is InChI=1S/C27H34N2O6/c1-7-28(8-2)14-15-29-23(20-10-9-11-21(34-5)26(20)35-6)22(25(31)27(29)32)24(30)19-13-12-18(33-4)16-17(19)3/h9-13,16,23,30H,7-8,14-15H2,1-6H3/t23-/m1/s1. The zero-order valence-electron chi connectivity index (χ0n) is 21.3. The maximum Gasteiger partial charge on any atom is 0.295 e. The number of carbonyl (C=O) groups excluding carboxylic acids is 2. The van der Waals surface area contributed by atoms with Crippen LogP contribution in [0.3, 0.4) is 0 Å². The molecule has 2 aromatic carbocycles. The number of carbonyl (C=O) groups is 2. The third-order valence-corrected chi connectivity index (χ3v) is 6.51. The number of likely N-dealkylation sites (N-methyl/N-ethyl adjacent to an activating group) is 1. The number of aliphatic hydroxyl groups excluding tert-OH is 1. The van der Waals surface area contributed by atoms with Gasteiger partial charge in [-0.1, -0.05) is 26.0 Å². The molecular formula is C27H34N2O6. The third kappa shape index (κ3) is 4.98. The summed E-state index contributed by atoms with van der Waals surface area (Å²) in [6, 6.07) is 9.64. The van der Waals surface area contributed by atoms with Crippen LogP contribution in [0.4, 0.5) is 0 Å². The molecule has 0 saturated carbocycles. The molecule has 1 amide bonds. The number of methoxy groups -OCH3 is 3. The molecule has 0 spiro atoms. The van der Waals surface area contributed by atoms with Crippen LogP contribution < -0.4 is 14.2 Å². The number of likely N-dealkylation sites (tertiary alicyclic amines) is 1. The number of rotatable bonds is 10. The van der Waals surface area contributed by atoms with E-state index in [9.17, 15) is 14.7 Å². The predicted molar refractivity (Wildman–Crippen MR) is 134 cm³/mol. The van der Waals surface area contributed by atoms with E-state index in [-0.39, 0.29) is 11.3 Å². The highest BCUT2D eigenvalue weighted by atomic mass is 16.5. The summed E-state index contributed by atoms with van der Waals surface area (Å²) in [5.74, 6) is -0.104. The first-order chi connectivity index (χ1) is 16.8. The topological polar surface area (TPSA) is 88.5 Å². The minimum Gasteiger partial charge on any atom is -0.507 e. The molecule has 35 heavy (non-hydrogen) atoms. The van der Waals surface area contributed by atoms with Crippen LogP contribution in [0.25, 0.3) is 5.76 Å². The summed E-state index contributed by atoms with van der Waals surface area (Å²) in [6.07, 6.45) is 0. The lowest BCUT2D eigenvalue weighted by Crippen LogP contribution is -2.38. The molecule has 0 aromatic heterocycles. The number of nitrogens with zero attached hydrogens (tertiary/aromatic N) is 2. The van der Waals surface area contributed by atoms with Crippen LogP contribution >= 0.6 is 0 Å². The van der Waals surface area contributed by atoms with Gasteiger partial charge in [0, 0.05) is 24.2 Å². The number of hydrogen-bond donors (Lipinski definition) is 1. The van der Waals surface area contributed by atoms with E-state index in [1.54, 1.807) is 43.5 Å². The zero-order valence-corrected chi connectivity index (χ0v) is 21.3. The monoisotopic (exact) mass is 482 g/mol. The molecule has 0 aliphatic carbocycles. The van der Waals surface area contributed by atoms with Gasteiger partial charge in [-0.2, -0.15) is 0 Å². The van der Waals surface area contributed by atoms with Crippen molar-refractivity contribution in [3.63, 3.8) is 0 Å². The van der Waals surface area contributed by atoms with E-state index in [2.05, 4.69) is 4.90 Å². The van der Waals surface area contributed by atoms with Crippen molar-refractivity contribution in [2.45, 2.75) is 26.8 Å². The van der Waals surface area contributed by atoms with Crippen LogP contribution in [0.5, 0.6) is 17.2 Å². The Morgan fingerprint density at radius 2 is 1.74 bits per heavy atom. The molecule has 1 atom stereocenters. The summed E-state index contributed by atoms with van der Waals surface area (Å²) in [6.45, 7) is 8.45. The van der Waals surface area contributed by atoms with Crippen molar-refractivity contribution in [1.29, 1.82) is 0 Å². The lowest BCUT2D eigenvalue weighted by atomic mass is 9.93. The van der Waals surface area contributed by atoms with E-state index in [1.165, 1.54) is 19.1 Å². The first kappa shape index (κ1) is 26.1. The number of hydrogen-bond acceptors (Lipinski definition) is 7. The molecule has 1 aliphatic rings. The van der Waals surface area contributed by atoms with E-state index in [4.69, 9.17) is 14.2 Å². The first-order valence-electron chi connectivity index (χ1n) is 11.7. The maximum absolute atomic E-state index is 13.4. The second-order valence-electron chi connectivity index (χ2n) is 8.28. The molecule has 188 valence electrons. The molecule has 0 unspecified atom stereocenters. The maximum atomic E-state index is 13.4. The Hall–Kier alpha value is -3.52. The Kier molecular flexibility index (Phi) is 8.40. The van der Waals surface area contributed by atoms with Gasteiger partial charge < -0.3 is 29.1 Å². The Balaban J connectivity index is 2.23. The number of para-hydroxylation sites is 1. The van der Waals surface area contributed by atoms with Gasteiger partial charge in [0.25, 0.3) is 11.7 Å². The molecule has 1 N–H and O–H groups in total. The van der Waals surface area contributed by atoms with Gasteiger partial charge >= 0.3 is 0 Å². The molecule has 1 saturated heterocycles. The van der Waals surface area contributed by atoms with Crippen LogP contribution in [0.15, 0.2) is 42.0 Å². The molecule has 8 heteroatoms. The van der Waals surface area contributed by atoms with Crippen LogP contribution in [-0.2, 0) is 9.59 Å². The Bertz CT molecular complexity index is 1120. The quantitative estimate of drug-likeness (QED) is 0.313. The summed E-state index contributed by atoms with van der Waals surface area (Å²) in [5, 5.41) is 11.4. The lowest BCUT2D eigenvalue weighted by Gasteiger charge is -2.29. The van der Waals surface area contributed by atoms with Gasteiger partial charge in [0.1, 0.15) is 11.5 Å². The molecule has 0 radical (unpaired) electrons. The lowest BCUT2D eigenvalue weighted by molar-refractivity contribution is -0.140. The van der Waals surface area contributed by atoms with Crippen molar-refractivity contribution in [3.8, 4) is 17.2 Å². The van der Waals surface area contributed by atoms with Crippen molar-refractivity contribution < 1.29 is 28.9 Å². The molecule has 1 heterocycles. The number of ketones is 1. The van der Waals surface area contributed by atoms with E-state index < -0.39 is 17.7 Å². The smallest absolute Gasteiger partial charge is 0.295 e. The number of ether oxygens (including phenoxy) is 3. The fraction of sp³-hybridized carbons (Fsp3) is 0.407. The SMILES string of the molecule is CCN(CC)CCN1C(=O)C(=O)C(=C(O)c2ccc(OC)cc2C)[C@H]1c1cccc(OC)c1OC. The number of amides is 1. The van der Waals surface area contributed by atoms with Gasteiger partial charge in [-0.25, -0.2) is 0 Å². The predicted octanol–water partition coefficient (Wildman–Crippen LogP) is 3.78. The van der Waals surface area contributed by atoms with Crippen LogP contribution in [0, 0.1) is 6.92 Å². The van der Waals surface area contributed by atoms with Gasteiger partial charge in [0.15, 0.2) is 11.5 Å². The molecule has 8 nitrogen and oxygen atoms in total. The number of benzene rings is 2. The highest BCUT2D eigenvalue weighted by molar-refractivity contribution is 6.46. The third-order valence-electron chi connectivity index (χ3n) is 6.51. The van der Waals surface area contributed by atoms with Crippen LogP contribution in [0.1, 0.15) is 36.6 Å². The van der Waals surface area contributed by atoms with Gasteiger partial charge in [-0.3, -0.25) is 9.59 Å². The summed E-state index contributed by atoms with van der Waals surface area (Å²) < 4.78 is 16.4. The molecule has 1 fully saturated rings. The average molecular weight is 483 g/mol. The van der Waals surface area contributed by atoms with Crippen LogP contribution in [-0.4, -0.2) is 74.1 Å². The second-order valence-corrected chi connectivity index (χ2v) is 8.28. The summed E-state index contributed by atoms with van der Waals surface area (Å²) in [5.41, 5.74) is 1.76. The summed E-state index contributed by atoms with van der Waals surface area (Å²) in [7, 11) is 4.60. The van der Waals surface area contributed by atoms with E-state index in [1.807, 2.05) is 20.8 Å². The van der Waals surface area contributed by atoms with Crippen molar-refractivity contribution >= 4 is 17.4 Å². The summed E-state index contributed by atoms with van der Waals surface area (Å²) in [4.78, 5) is 30.3. The summed E-state index contributed by atoms with van der Waals surface area (Å²) >= 11 is 0. The molecule has 0 bridgehead atoms. The van der Waals surface area contributed by atoms with Crippen molar-refractivity contribution in [1.82, 2.24) is 9.80 Å². The van der Waals surface area contributed by atoms with E-state index >= 15 is 0 Å². The molecular weight excluding hydrogens is 448 g/mol. The molecule has 3 rings (SSSR count). The Morgan fingerprint density at radius 3 is 2.31 bits per heavy atom. The normalized spacial score (nSPS) is 17.2. The van der Waals surface area contributed by atoms with Crippen molar-refractivity contribution in [3.05, 3.63) is 58.7 Å². The minimum atomic E-state index is -0.836. The largest absolute Gasteiger partial charge is 0.507 e. The average Bonchev–Trinajstić information content (AvgIpc) is 3.12. The Morgan fingerprint density at radius 1 is 1.03 bits per heavy atom. The number of aryl methyl sites for hydroxylation is 1. The fourth-order valence-electron chi connectivity index (χ4n) is 4.52. The van der Waals surface area contributed by atoms with Gasteiger partial charge in [-0.05, 0) is 49.8 Å². The van der Waals surface area contributed by atoms with Crippen molar-refractivity contribution in [2.75, 3.05) is 47.5 Å². The van der Waals surface area contributed by atoms with E-state index in [0.717, 1.165) is 13.1 Å². The van der Waals surface area contributed by atoms with Crippen LogP contribution in [0.2, 0.25) is 0 Å². The highest BCUT2D eigenvalue weighted by Gasteiger charge is 2.47. The number of Topliss-reactive ketones (excluding diaryl/α,β-unsaturated/α-hetero) is 1. The van der Waals surface area contributed by atoms with Gasteiger partial charge in [0.05, 0.1) is 32.9 Å². The van der Waals surface area contributed by atoms with E-state index in [0.29, 0.717) is 47.0 Å².